The lowest BCUT2D eigenvalue weighted by molar-refractivity contribution is -0.121. The van der Waals surface area contributed by atoms with Gasteiger partial charge in [0.05, 0.1) is 0 Å². The Bertz CT molecular complexity index is 728. The van der Waals surface area contributed by atoms with Gasteiger partial charge in [-0.1, -0.05) is 18.6 Å². The van der Waals surface area contributed by atoms with E-state index < -0.39 is 0 Å². The summed E-state index contributed by atoms with van der Waals surface area (Å²) >= 11 is 0. The summed E-state index contributed by atoms with van der Waals surface area (Å²) in [6, 6.07) is 9.57. The Kier molecular flexibility index (Phi) is 6.98. The van der Waals surface area contributed by atoms with Gasteiger partial charge in [0.2, 0.25) is 11.9 Å². The van der Waals surface area contributed by atoms with Gasteiger partial charge in [0.15, 0.2) is 0 Å². The minimum absolute atomic E-state index is 0.113. The van der Waals surface area contributed by atoms with E-state index >= 15 is 0 Å². The van der Waals surface area contributed by atoms with Gasteiger partial charge in [-0.25, -0.2) is 4.98 Å². The van der Waals surface area contributed by atoms with Crippen molar-refractivity contribution < 1.29 is 4.79 Å². The van der Waals surface area contributed by atoms with E-state index in [2.05, 4.69) is 25.5 Å². The zero-order valence-electron chi connectivity index (χ0n) is 15.7. The van der Waals surface area contributed by atoms with Crippen molar-refractivity contribution in [3.8, 4) is 0 Å². The molecule has 0 bridgehead atoms. The van der Waals surface area contributed by atoms with Crippen molar-refractivity contribution in [1.82, 2.24) is 20.2 Å². The van der Waals surface area contributed by atoms with E-state index in [1.807, 2.05) is 24.3 Å². The highest BCUT2D eigenvalue weighted by molar-refractivity contribution is 5.76. The molecule has 7 heteroatoms. The van der Waals surface area contributed by atoms with Crippen molar-refractivity contribution in [2.45, 2.75) is 32.1 Å². The van der Waals surface area contributed by atoms with Crippen LogP contribution in [-0.4, -0.2) is 47.0 Å². The van der Waals surface area contributed by atoms with Crippen LogP contribution >= 0.6 is 0 Å². The lowest BCUT2D eigenvalue weighted by Crippen LogP contribution is -2.37. The molecule has 1 amide bonds. The zero-order chi connectivity index (χ0) is 18.9. The number of amides is 1. The molecule has 2 aromatic rings. The average Bonchev–Trinajstić information content (AvgIpc) is 2.68. The van der Waals surface area contributed by atoms with Crippen LogP contribution < -0.4 is 16.4 Å². The second-order valence-electron chi connectivity index (χ2n) is 6.88. The number of hydrogen-bond acceptors (Lipinski definition) is 6. The minimum atomic E-state index is 0.113. The van der Waals surface area contributed by atoms with Gasteiger partial charge >= 0.3 is 0 Å². The zero-order valence-corrected chi connectivity index (χ0v) is 15.7. The van der Waals surface area contributed by atoms with Gasteiger partial charge in [0.25, 0.3) is 0 Å². The first-order valence-corrected chi connectivity index (χ1v) is 9.62. The molecular weight excluding hydrogens is 340 g/mol. The number of rotatable bonds is 8. The number of nitrogens with zero attached hydrogens (tertiary/aromatic N) is 3. The molecule has 0 radical (unpaired) electrons. The molecule has 0 unspecified atom stereocenters. The number of anilines is 3. The molecule has 144 valence electrons. The SMILES string of the molecule is Nc1ccnc(Nc2ccc(CCC(=O)NCCN3CCCCC3)cc2)n1. The highest BCUT2D eigenvalue weighted by Gasteiger charge is 2.10. The molecule has 27 heavy (non-hydrogen) atoms. The smallest absolute Gasteiger partial charge is 0.229 e. The largest absolute Gasteiger partial charge is 0.384 e. The maximum absolute atomic E-state index is 12.0. The lowest BCUT2D eigenvalue weighted by Gasteiger charge is -2.26. The number of nitrogens with one attached hydrogen (secondary N) is 2. The molecule has 0 saturated carbocycles. The number of carbonyl (C=O) groups is 1. The first-order chi connectivity index (χ1) is 13.2. The van der Waals surface area contributed by atoms with Crippen LogP contribution in [0.2, 0.25) is 0 Å². The molecule has 3 rings (SSSR count). The van der Waals surface area contributed by atoms with Crippen LogP contribution in [0.3, 0.4) is 0 Å². The van der Waals surface area contributed by atoms with Crippen molar-refractivity contribution in [2.24, 2.45) is 0 Å². The van der Waals surface area contributed by atoms with Gasteiger partial charge in [-0.15, -0.1) is 0 Å². The number of benzene rings is 1. The molecule has 0 atom stereocenters. The second-order valence-corrected chi connectivity index (χ2v) is 6.88. The summed E-state index contributed by atoms with van der Waals surface area (Å²) in [6.07, 6.45) is 6.74. The van der Waals surface area contributed by atoms with Gasteiger partial charge in [-0.05, 0) is 56.1 Å². The van der Waals surface area contributed by atoms with E-state index in [-0.39, 0.29) is 5.91 Å². The monoisotopic (exact) mass is 368 g/mol. The summed E-state index contributed by atoms with van der Waals surface area (Å²) in [5, 5.41) is 6.14. The van der Waals surface area contributed by atoms with Gasteiger partial charge in [-0.3, -0.25) is 4.79 Å². The Morgan fingerprint density at radius 1 is 1.11 bits per heavy atom. The van der Waals surface area contributed by atoms with E-state index in [0.29, 0.717) is 18.2 Å². The first-order valence-electron chi connectivity index (χ1n) is 9.62. The van der Waals surface area contributed by atoms with E-state index in [4.69, 9.17) is 5.73 Å². The normalized spacial score (nSPS) is 14.7. The third kappa shape index (κ3) is 6.53. The number of piperidine rings is 1. The van der Waals surface area contributed by atoms with E-state index in [9.17, 15) is 4.79 Å². The molecule has 0 aliphatic carbocycles. The van der Waals surface area contributed by atoms with Gasteiger partial charge < -0.3 is 21.3 Å². The van der Waals surface area contributed by atoms with Crippen LogP contribution in [0.15, 0.2) is 36.5 Å². The number of hydrogen-bond donors (Lipinski definition) is 3. The number of nitrogens with two attached hydrogens (primary N) is 1. The van der Waals surface area contributed by atoms with Crippen LogP contribution in [0.4, 0.5) is 17.5 Å². The molecule has 7 nitrogen and oxygen atoms in total. The van der Waals surface area contributed by atoms with Crippen LogP contribution in [0.25, 0.3) is 0 Å². The highest BCUT2D eigenvalue weighted by Crippen LogP contribution is 2.15. The second kappa shape index (κ2) is 9.87. The van der Waals surface area contributed by atoms with Crippen molar-refractivity contribution in [3.05, 3.63) is 42.1 Å². The van der Waals surface area contributed by atoms with Gasteiger partial charge in [-0.2, -0.15) is 4.98 Å². The Morgan fingerprint density at radius 3 is 2.63 bits per heavy atom. The van der Waals surface area contributed by atoms with E-state index in [1.54, 1.807) is 12.3 Å². The molecule has 1 saturated heterocycles. The van der Waals surface area contributed by atoms with Crippen molar-refractivity contribution in [3.63, 3.8) is 0 Å². The molecule has 0 spiro atoms. The maximum atomic E-state index is 12.0. The van der Waals surface area contributed by atoms with Gasteiger partial charge in [0.1, 0.15) is 5.82 Å². The summed E-state index contributed by atoms with van der Waals surface area (Å²) < 4.78 is 0. The average molecular weight is 368 g/mol. The topological polar surface area (TPSA) is 96.2 Å². The van der Waals surface area contributed by atoms with Crippen LogP contribution in [-0.2, 0) is 11.2 Å². The molecule has 4 N–H and O–H groups in total. The molecule has 1 aliphatic heterocycles. The predicted octanol–water partition coefficient (Wildman–Crippen LogP) is 2.34. The highest BCUT2D eigenvalue weighted by atomic mass is 16.1. The summed E-state index contributed by atoms with van der Waals surface area (Å²) in [5.41, 5.74) is 7.66. The third-order valence-electron chi connectivity index (χ3n) is 4.73. The third-order valence-corrected chi connectivity index (χ3v) is 4.73. The molecule has 2 heterocycles. The summed E-state index contributed by atoms with van der Waals surface area (Å²) in [6.45, 7) is 4.02. The molecule has 1 fully saturated rings. The Hall–Kier alpha value is -2.67. The maximum Gasteiger partial charge on any atom is 0.229 e. The van der Waals surface area contributed by atoms with Crippen molar-refractivity contribution in [2.75, 3.05) is 37.2 Å². The van der Waals surface area contributed by atoms with E-state index in [1.165, 1.54) is 19.3 Å². The number of aryl methyl sites for hydroxylation is 1. The first kappa shape index (κ1) is 19.1. The summed E-state index contributed by atoms with van der Waals surface area (Å²) in [7, 11) is 0. The molecule has 1 aliphatic rings. The minimum Gasteiger partial charge on any atom is -0.384 e. The standard InChI is InChI=1S/C20H28N6O/c21-18-10-11-23-20(25-18)24-17-7-4-16(5-8-17)6-9-19(27)22-12-15-26-13-2-1-3-14-26/h4-5,7-8,10-11H,1-3,6,9,12-15H2,(H,22,27)(H3,21,23,24,25). The predicted molar refractivity (Wildman–Crippen MR) is 108 cm³/mol. The van der Waals surface area contributed by atoms with Crippen LogP contribution in [0.1, 0.15) is 31.2 Å². The summed E-state index contributed by atoms with van der Waals surface area (Å²) in [4.78, 5) is 22.7. The van der Waals surface area contributed by atoms with Crippen molar-refractivity contribution in [1.29, 1.82) is 0 Å². The van der Waals surface area contributed by atoms with Crippen LogP contribution in [0.5, 0.6) is 0 Å². The quantitative estimate of drug-likeness (QED) is 0.662. The van der Waals surface area contributed by atoms with E-state index in [0.717, 1.165) is 43.9 Å². The number of carbonyl (C=O) groups excluding carboxylic acids is 1. The van der Waals surface area contributed by atoms with Gasteiger partial charge in [0, 0.05) is 31.4 Å². The number of aromatic nitrogens is 2. The lowest BCUT2D eigenvalue weighted by atomic mass is 10.1. The number of likely N-dealkylation sites (tertiary alicyclic amines) is 1. The molecular formula is C20H28N6O. The summed E-state index contributed by atoms with van der Waals surface area (Å²) in [5.74, 6) is 1.01. The fraction of sp³-hybridized carbons (Fsp3) is 0.450. The van der Waals surface area contributed by atoms with Crippen LogP contribution in [0, 0.1) is 0 Å². The van der Waals surface area contributed by atoms with Crippen molar-refractivity contribution >= 4 is 23.4 Å². The fourth-order valence-corrected chi connectivity index (χ4v) is 3.20. The number of nitrogen functional groups attached to an aromatic ring is 1. The Labute approximate surface area is 160 Å². The Morgan fingerprint density at radius 2 is 1.89 bits per heavy atom. The molecule has 1 aromatic heterocycles. The fourth-order valence-electron chi connectivity index (χ4n) is 3.20. The Balaban J connectivity index is 1.37. The molecule has 1 aromatic carbocycles.